The molecule has 1 aliphatic heterocycles. The van der Waals surface area contributed by atoms with Gasteiger partial charge in [0.15, 0.2) is 0 Å². The average molecular weight is 384 g/mol. The van der Waals surface area contributed by atoms with Crippen LogP contribution in [0, 0.1) is 5.92 Å². The van der Waals surface area contributed by atoms with Crippen molar-refractivity contribution < 1.29 is 4.79 Å². The Morgan fingerprint density at radius 1 is 1.21 bits per heavy atom. The fourth-order valence-electron chi connectivity index (χ4n) is 3.71. The molecule has 9 nitrogen and oxygen atoms in total. The molecule has 1 amide bonds. The maximum atomic E-state index is 12.5. The van der Waals surface area contributed by atoms with Gasteiger partial charge in [-0.2, -0.15) is 0 Å². The molecule has 2 aromatic heterocycles. The maximum absolute atomic E-state index is 12.5. The minimum atomic E-state index is -0.302. The van der Waals surface area contributed by atoms with Crippen LogP contribution in [0.25, 0.3) is 11.4 Å². The quantitative estimate of drug-likeness (QED) is 0.817. The van der Waals surface area contributed by atoms with E-state index in [1.54, 1.807) is 7.05 Å². The predicted molar refractivity (Wildman–Crippen MR) is 104 cm³/mol. The van der Waals surface area contributed by atoms with Crippen LogP contribution in [-0.2, 0) is 11.8 Å². The Hall–Kier alpha value is -2.97. The van der Waals surface area contributed by atoms with Gasteiger partial charge in [0, 0.05) is 51.3 Å². The fourth-order valence-corrected chi connectivity index (χ4v) is 3.71. The highest BCUT2D eigenvalue weighted by atomic mass is 16.2. The lowest BCUT2D eigenvalue weighted by Gasteiger charge is -2.38. The lowest BCUT2D eigenvalue weighted by atomic mass is 10.0. The van der Waals surface area contributed by atoms with Gasteiger partial charge in [-0.1, -0.05) is 0 Å². The van der Waals surface area contributed by atoms with Crippen LogP contribution in [0.5, 0.6) is 0 Å². The first kappa shape index (κ1) is 18.4. The molecule has 0 spiro atoms. The Morgan fingerprint density at radius 2 is 2.00 bits per heavy atom. The molecule has 28 heavy (non-hydrogen) atoms. The molecule has 0 radical (unpaired) electrons. The molecule has 2 fully saturated rings. The summed E-state index contributed by atoms with van der Waals surface area (Å²) >= 11 is 0. The van der Waals surface area contributed by atoms with Crippen LogP contribution in [-0.4, -0.2) is 56.5 Å². The number of carbonyl (C=O) groups excluding carboxylic acids is 1. The number of H-pyrrole nitrogens is 1. The standard InChI is InChI=1S/C19H24N6O3/c1-23(13-4-3-7-25(10-13)18(28)12-5-6-12)19-22-15(9-17(27)24(19)2)14-8-16(26)21-11-20-14/h8-9,11-13H,3-7,10H2,1-2H3,(H,20,21,26)/t13-/m1/s1. The van der Waals surface area contributed by atoms with Crippen LogP contribution in [0.4, 0.5) is 5.95 Å². The fraction of sp³-hybridized carbons (Fsp3) is 0.526. The van der Waals surface area contributed by atoms with Crippen molar-refractivity contribution in [3.8, 4) is 11.4 Å². The number of aromatic nitrogens is 4. The molecule has 3 heterocycles. The van der Waals surface area contributed by atoms with Crippen molar-refractivity contribution in [2.75, 3.05) is 25.0 Å². The van der Waals surface area contributed by atoms with E-state index in [0.717, 1.165) is 32.2 Å². The highest BCUT2D eigenvalue weighted by Crippen LogP contribution is 2.32. The Morgan fingerprint density at radius 3 is 2.71 bits per heavy atom. The molecule has 9 heteroatoms. The summed E-state index contributed by atoms with van der Waals surface area (Å²) in [6.45, 7) is 1.43. The number of piperidine rings is 1. The summed E-state index contributed by atoms with van der Waals surface area (Å²) in [7, 11) is 3.57. The molecule has 148 valence electrons. The summed E-state index contributed by atoms with van der Waals surface area (Å²) < 4.78 is 1.48. The number of rotatable bonds is 4. The lowest BCUT2D eigenvalue weighted by molar-refractivity contribution is -0.133. The zero-order valence-corrected chi connectivity index (χ0v) is 16.1. The van der Waals surface area contributed by atoms with Crippen molar-refractivity contribution in [1.29, 1.82) is 0 Å². The van der Waals surface area contributed by atoms with Gasteiger partial charge in [0.25, 0.3) is 11.1 Å². The van der Waals surface area contributed by atoms with Crippen LogP contribution in [0.2, 0.25) is 0 Å². The first-order chi connectivity index (χ1) is 13.4. The predicted octanol–water partition coefficient (Wildman–Crippen LogP) is 0.368. The van der Waals surface area contributed by atoms with Crippen molar-refractivity contribution >= 4 is 11.9 Å². The minimum Gasteiger partial charge on any atom is -0.340 e. The second-order valence-electron chi connectivity index (χ2n) is 7.60. The molecule has 0 aromatic carbocycles. The largest absolute Gasteiger partial charge is 0.340 e. The Balaban J connectivity index is 1.63. The lowest BCUT2D eigenvalue weighted by Crippen LogP contribution is -2.50. The normalized spacial score (nSPS) is 19.5. The van der Waals surface area contributed by atoms with Crippen LogP contribution < -0.4 is 16.0 Å². The summed E-state index contributed by atoms with van der Waals surface area (Å²) in [5.74, 6) is 0.953. The summed E-state index contributed by atoms with van der Waals surface area (Å²) in [5.41, 5.74) is 0.183. The van der Waals surface area contributed by atoms with E-state index in [4.69, 9.17) is 0 Å². The topological polar surface area (TPSA) is 104 Å². The van der Waals surface area contributed by atoms with Gasteiger partial charge < -0.3 is 14.8 Å². The molecule has 4 rings (SSSR count). The number of hydrogen-bond donors (Lipinski definition) is 1. The average Bonchev–Trinajstić information content (AvgIpc) is 3.54. The zero-order valence-electron chi connectivity index (χ0n) is 16.1. The number of carbonyl (C=O) groups is 1. The van der Waals surface area contributed by atoms with E-state index in [2.05, 4.69) is 15.0 Å². The number of nitrogens with one attached hydrogen (secondary N) is 1. The highest BCUT2D eigenvalue weighted by Gasteiger charge is 2.36. The summed E-state index contributed by atoms with van der Waals surface area (Å²) in [6, 6.07) is 2.78. The van der Waals surface area contributed by atoms with Gasteiger partial charge in [-0.05, 0) is 25.7 Å². The van der Waals surface area contributed by atoms with Gasteiger partial charge in [-0.25, -0.2) is 9.97 Å². The molecule has 1 aliphatic carbocycles. The van der Waals surface area contributed by atoms with E-state index < -0.39 is 0 Å². The molecule has 2 aliphatic rings. The third-order valence-electron chi connectivity index (χ3n) is 5.55. The van der Waals surface area contributed by atoms with Crippen LogP contribution in [0.1, 0.15) is 25.7 Å². The van der Waals surface area contributed by atoms with Crippen molar-refractivity contribution in [2.24, 2.45) is 13.0 Å². The summed E-state index contributed by atoms with van der Waals surface area (Å²) in [6.07, 6.45) is 5.14. The minimum absolute atomic E-state index is 0.0805. The number of nitrogens with zero attached hydrogens (tertiary/aromatic N) is 5. The van der Waals surface area contributed by atoms with Gasteiger partial charge in [-0.15, -0.1) is 0 Å². The summed E-state index contributed by atoms with van der Waals surface area (Å²) in [5, 5.41) is 0. The number of hydrogen-bond acceptors (Lipinski definition) is 6. The highest BCUT2D eigenvalue weighted by molar-refractivity contribution is 5.81. The van der Waals surface area contributed by atoms with E-state index in [1.807, 2.05) is 16.8 Å². The molecule has 2 aromatic rings. The number of amides is 1. The monoisotopic (exact) mass is 384 g/mol. The number of likely N-dealkylation sites (N-methyl/N-ethyl adjacent to an activating group) is 1. The molecule has 1 atom stereocenters. The molecule has 1 N–H and O–H groups in total. The van der Waals surface area contributed by atoms with E-state index in [-0.39, 0.29) is 29.0 Å². The first-order valence-electron chi connectivity index (χ1n) is 9.59. The van der Waals surface area contributed by atoms with Gasteiger partial charge in [0.2, 0.25) is 11.9 Å². The van der Waals surface area contributed by atoms with Crippen LogP contribution >= 0.6 is 0 Å². The third kappa shape index (κ3) is 3.56. The molecule has 0 unspecified atom stereocenters. The smallest absolute Gasteiger partial charge is 0.255 e. The maximum Gasteiger partial charge on any atom is 0.255 e. The van der Waals surface area contributed by atoms with Gasteiger partial charge in [0.1, 0.15) is 0 Å². The van der Waals surface area contributed by atoms with E-state index in [9.17, 15) is 14.4 Å². The number of aromatic amines is 1. The molecular formula is C19H24N6O3. The SMILES string of the molecule is CN(c1nc(-c2cc(=O)[nH]cn2)cc(=O)n1C)[C@@H]1CCCN(C(=O)C2CC2)C1. The molecule has 1 saturated heterocycles. The van der Waals surface area contributed by atoms with Crippen LogP contribution in [0.15, 0.2) is 28.0 Å². The number of anilines is 1. The molecule has 0 bridgehead atoms. The van der Waals surface area contributed by atoms with E-state index in [1.165, 1.54) is 23.0 Å². The summed E-state index contributed by atoms with van der Waals surface area (Å²) in [4.78, 5) is 51.6. The van der Waals surface area contributed by atoms with Crippen molar-refractivity contribution in [2.45, 2.75) is 31.7 Å². The van der Waals surface area contributed by atoms with Crippen LogP contribution in [0.3, 0.4) is 0 Å². The van der Waals surface area contributed by atoms with Crippen molar-refractivity contribution in [1.82, 2.24) is 24.4 Å². The zero-order chi connectivity index (χ0) is 19.8. The van der Waals surface area contributed by atoms with Crippen molar-refractivity contribution in [3.05, 3.63) is 39.2 Å². The Bertz CT molecular complexity index is 1010. The molecule has 1 saturated carbocycles. The third-order valence-corrected chi connectivity index (χ3v) is 5.55. The van der Waals surface area contributed by atoms with E-state index in [0.29, 0.717) is 23.9 Å². The molecular weight excluding hydrogens is 360 g/mol. The second-order valence-corrected chi connectivity index (χ2v) is 7.60. The van der Waals surface area contributed by atoms with Gasteiger partial charge in [0.05, 0.1) is 17.7 Å². The second kappa shape index (κ2) is 7.21. The van der Waals surface area contributed by atoms with E-state index >= 15 is 0 Å². The Labute approximate surface area is 162 Å². The number of likely N-dealkylation sites (tertiary alicyclic amines) is 1. The van der Waals surface area contributed by atoms with Gasteiger partial charge in [-0.3, -0.25) is 19.0 Å². The van der Waals surface area contributed by atoms with Crippen molar-refractivity contribution in [3.63, 3.8) is 0 Å². The Kier molecular flexibility index (Phi) is 4.74. The van der Waals surface area contributed by atoms with Gasteiger partial charge >= 0.3 is 0 Å². The first-order valence-corrected chi connectivity index (χ1v) is 9.59.